The molecule has 0 spiro atoms. The summed E-state index contributed by atoms with van der Waals surface area (Å²) in [5, 5.41) is 30.7. The maximum Gasteiger partial charge on any atom is 0.279 e. The van der Waals surface area contributed by atoms with E-state index in [-0.39, 0.29) is 22.9 Å². The van der Waals surface area contributed by atoms with E-state index in [1.807, 2.05) is 42.5 Å². The zero-order valence-corrected chi connectivity index (χ0v) is 15.6. The van der Waals surface area contributed by atoms with Gasteiger partial charge in [-0.1, -0.05) is 60.3 Å². The van der Waals surface area contributed by atoms with Crippen molar-refractivity contribution in [2.45, 2.75) is 6.54 Å². The lowest BCUT2D eigenvalue weighted by atomic mass is 10.1. The number of anilines is 1. The molecule has 0 unspecified atom stereocenters. The third-order valence-corrected chi connectivity index (χ3v) is 4.64. The van der Waals surface area contributed by atoms with Crippen molar-refractivity contribution >= 4 is 29.2 Å². The molecule has 3 aromatic rings. The summed E-state index contributed by atoms with van der Waals surface area (Å²) in [6.45, 7) is 0.384. The van der Waals surface area contributed by atoms with Gasteiger partial charge in [0.2, 0.25) is 0 Å². The monoisotopic (exact) mass is 399 g/mol. The van der Waals surface area contributed by atoms with Crippen LogP contribution in [-0.2, 0) is 11.3 Å². The number of non-ortho nitro benzene ring substituents is 1. The van der Waals surface area contributed by atoms with Gasteiger partial charge in [-0.05, 0) is 17.2 Å². The fourth-order valence-electron chi connectivity index (χ4n) is 3.18. The molecular weight excluding hydrogens is 384 g/mol. The number of carbonyl (C=O) groups is 1. The molecule has 0 radical (unpaired) electrons. The van der Waals surface area contributed by atoms with Crippen molar-refractivity contribution in [3.8, 4) is 5.75 Å². The van der Waals surface area contributed by atoms with Crippen LogP contribution in [0.4, 0.5) is 11.4 Å². The third kappa shape index (κ3) is 3.66. The molecule has 0 fully saturated rings. The maximum absolute atomic E-state index is 13.0. The molecule has 1 heterocycles. The lowest BCUT2D eigenvalue weighted by molar-refractivity contribution is -0.385. The van der Waals surface area contributed by atoms with Crippen LogP contribution < -0.4 is 10.0 Å². The van der Waals surface area contributed by atoms with Crippen LogP contribution in [0.5, 0.6) is 5.75 Å². The van der Waals surface area contributed by atoms with Crippen LogP contribution >= 0.6 is 0 Å². The van der Waals surface area contributed by atoms with Crippen molar-refractivity contribution in [1.82, 2.24) is 0 Å². The Morgan fingerprint density at radius 2 is 1.73 bits per heavy atom. The molecule has 0 aliphatic carbocycles. The van der Waals surface area contributed by atoms with E-state index < -0.39 is 10.7 Å². The third-order valence-electron chi connectivity index (χ3n) is 4.64. The fraction of sp³-hybridized carbons (Fsp3) is 0.0455. The number of para-hydroxylation sites is 1. The van der Waals surface area contributed by atoms with Crippen molar-refractivity contribution in [1.29, 1.82) is 0 Å². The molecule has 0 N–H and O–H groups in total. The largest absolute Gasteiger partial charge is 0.872 e. The van der Waals surface area contributed by atoms with Gasteiger partial charge >= 0.3 is 0 Å². The number of carbonyl (C=O) groups excluding carboxylic acids is 1. The summed E-state index contributed by atoms with van der Waals surface area (Å²) in [4.78, 5) is 24.9. The molecule has 0 bridgehead atoms. The number of benzene rings is 3. The maximum atomic E-state index is 13.0. The molecule has 148 valence electrons. The number of nitro groups is 1. The number of rotatable bonds is 5. The lowest BCUT2D eigenvalue weighted by Gasteiger charge is -2.16. The zero-order valence-electron chi connectivity index (χ0n) is 15.6. The second-order valence-corrected chi connectivity index (χ2v) is 6.57. The first-order valence-electron chi connectivity index (χ1n) is 9.06. The van der Waals surface area contributed by atoms with Gasteiger partial charge in [-0.3, -0.25) is 14.9 Å². The molecular formula is C22H15N4O4-. The number of amides is 1. The Hall–Kier alpha value is -4.33. The summed E-state index contributed by atoms with van der Waals surface area (Å²) in [7, 11) is 0. The molecule has 3 aromatic carbocycles. The standard InChI is InChI=1S/C22H16N4O4/c27-20-11-10-17(26(29)30)12-16(20)13-23-24-21-18-8-4-5-9-19(18)25(22(21)28)14-15-6-2-1-3-7-15/h1-13,27H,14H2/p-1/b23-13-,24-21-. The molecule has 30 heavy (non-hydrogen) atoms. The van der Waals surface area contributed by atoms with Crippen LogP contribution in [0.2, 0.25) is 0 Å². The minimum atomic E-state index is -0.596. The van der Waals surface area contributed by atoms with E-state index in [1.54, 1.807) is 17.0 Å². The molecule has 4 rings (SSSR count). The first-order chi connectivity index (χ1) is 14.5. The highest BCUT2D eigenvalue weighted by Gasteiger charge is 2.33. The molecule has 0 saturated heterocycles. The van der Waals surface area contributed by atoms with E-state index in [2.05, 4.69) is 10.2 Å². The molecule has 1 aliphatic heterocycles. The van der Waals surface area contributed by atoms with E-state index in [0.29, 0.717) is 12.1 Å². The second-order valence-electron chi connectivity index (χ2n) is 6.57. The average Bonchev–Trinajstić information content (AvgIpc) is 3.01. The van der Waals surface area contributed by atoms with Gasteiger partial charge in [0.05, 0.1) is 23.4 Å². The van der Waals surface area contributed by atoms with Crippen LogP contribution in [0, 0.1) is 10.1 Å². The minimum Gasteiger partial charge on any atom is -0.872 e. The molecule has 1 amide bonds. The SMILES string of the molecule is O=C1/C(=N\N=C/c2cc([N+](=O)[O-])ccc2[O-])c2ccccc2N1Cc1ccccc1. The van der Waals surface area contributed by atoms with Crippen molar-refractivity contribution in [2.75, 3.05) is 4.90 Å². The van der Waals surface area contributed by atoms with Gasteiger partial charge in [0.1, 0.15) is 0 Å². The van der Waals surface area contributed by atoms with Crippen LogP contribution in [-0.4, -0.2) is 22.8 Å². The van der Waals surface area contributed by atoms with Gasteiger partial charge in [0.25, 0.3) is 11.6 Å². The van der Waals surface area contributed by atoms with Gasteiger partial charge in [0, 0.05) is 17.7 Å². The highest BCUT2D eigenvalue weighted by atomic mass is 16.6. The van der Waals surface area contributed by atoms with Gasteiger partial charge in [-0.25, -0.2) is 0 Å². The van der Waals surface area contributed by atoms with Crippen LogP contribution in [0.15, 0.2) is 83.0 Å². The summed E-state index contributed by atoms with van der Waals surface area (Å²) in [6.07, 6.45) is 1.12. The lowest BCUT2D eigenvalue weighted by Crippen LogP contribution is -2.29. The van der Waals surface area contributed by atoms with Crippen molar-refractivity contribution in [3.05, 3.63) is 99.6 Å². The number of hydrogen-bond acceptors (Lipinski definition) is 6. The van der Waals surface area contributed by atoms with Crippen molar-refractivity contribution in [2.24, 2.45) is 10.2 Å². The topological polar surface area (TPSA) is 111 Å². The van der Waals surface area contributed by atoms with Gasteiger partial charge in [0.15, 0.2) is 5.71 Å². The van der Waals surface area contributed by atoms with Crippen LogP contribution in [0.3, 0.4) is 0 Å². The van der Waals surface area contributed by atoms with Gasteiger partial charge in [-0.2, -0.15) is 5.10 Å². The first kappa shape index (κ1) is 19.0. The predicted molar refractivity (Wildman–Crippen MR) is 111 cm³/mol. The zero-order chi connectivity index (χ0) is 21.1. The van der Waals surface area contributed by atoms with Gasteiger partial charge in [-0.15, -0.1) is 5.10 Å². The van der Waals surface area contributed by atoms with E-state index >= 15 is 0 Å². The summed E-state index contributed by atoms with van der Waals surface area (Å²) in [5.74, 6) is -0.730. The summed E-state index contributed by atoms with van der Waals surface area (Å²) in [6, 6.07) is 20.2. The highest BCUT2D eigenvalue weighted by Crippen LogP contribution is 2.30. The Balaban J connectivity index is 1.65. The average molecular weight is 399 g/mol. The Kier molecular flexibility index (Phi) is 5.04. The minimum absolute atomic E-state index is 0.0217. The fourth-order valence-corrected chi connectivity index (χ4v) is 3.18. The molecule has 8 heteroatoms. The summed E-state index contributed by atoms with van der Waals surface area (Å²) >= 11 is 0. The predicted octanol–water partition coefficient (Wildman–Crippen LogP) is 3.04. The summed E-state index contributed by atoms with van der Waals surface area (Å²) in [5.41, 5.74) is 2.28. The molecule has 0 aromatic heterocycles. The van der Waals surface area contributed by atoms with Crippen molar-refractivity contribution in [3.63, 3.8) is 0 Å². The molecule has 1 aliphatic rings. The van der Waals surface area contributed by atoms with Crippen LogP contribution in [0.1, 0.15) is 16.7 Å². The number of fused-ring (bicyclic) bond motifs is 1. The Morgan fingerprint density at radius 1 is 1.00 bits per heavy atom. The number of hydrogen-bond donors (Lipinski definition) is 0. The molecule has 8 nitrogen and oxygen atoms in total. The number of nitrogens with zero attached hydrogens (tertiary/aromatic N) is 4. The Bertz CT molecular complexity index is 1190. The Labute approximate surface area is 171 Å². The smallest absolute Gasteiger partial charge is 0.279 e. The van der Waals surface area contributed by atoms with Crippen molar-refractivity contribution < 1.29 is 14.8 Å². The number of nitro benzene ring substituents is 1. The normalized spacial score (nSPS) is 14.5. The van der Waals surface area contributed by atoms with E-state index in [1.165, 1.54) is 0 Å². The summed E-state index contributed by atoms with van der Waals surface area (Å²) < 4.78 is 0. The second kappa shape index (κ2) is 7.96. The quantitative estimate of drug-likeness (QED) is 0.373. The Morgan fingerprint density at radius 3 is 2.50 bits per heavy atom. The van der Waals surface area contributed by atoms with E-state index in [9.17, 15) is 20.0 Å². The molecule has 0 saturated carbocycles. The van der Waals surface area contributed by atoms with Crippen LogP contribution in [0.25, 0.3) is 0 Å². The highest BCUT2D eigenvalue weighted by molar-refractivity contribution is 6.54. The molecule has 0 atom stereocenters. The van der Waals surface area contributed by atoms with E-state index in [4.69, 9.17) is 0 Å². The first-order valence-corrected chi connectivity index (χ1v) is 9.06. The van der Waals surface area contributed by atoms with Gasteiger partial charge < -0.3 is 10.0 Å². The van der Waals surface area contributed by atoms with E-state index in [0.717, 1.165) is 35.7 Å².